The highest BCUT2D eigenvalue weighted by Gasteiger charge is 2.22. The number of fused-ring (bicyclic) bond motifs is 1. The lowest BCUT2D eigenvalue weighted by atomic mass is 10.1. The number of alkyl halides is 4. The summed E-state index contributed by atoms with van der Waals surface area (Å²) in [5.41, 5.74) is 1.68. The number of halogens is 5. The predicted octanol–water partition coefficient (Wildman–Crippen LogP) is 5.64. The SMILES string of the molecule is Cc1cc(Nc2ncnc3cc(OCCOC(F)F)c(NC(=O)/C=C/CN4CCC(OC(F)F)CC4)cc23)ccc1F. The Hall–Kier alpha value is -3.88. The molecule has 0 spiro atoms. The second-order valence-corrected chi connectivity index (χ2v) is 9.44. The fraction of sp³-hybridized carbons (Fsp3) is 0.393. The standard InChI is InChI=1S/C28H30F5N5O4/c1-17-13-18(4-5-21(17)29)36-26-20-14-23(24(15-22(20)34-16-35-26)40-11-12-41-27(30)31)37-25(39)3-2-8-38-9-6-19(7-10-38)42-28(32)33/h2-5,13-16,19,27-28H,6-12H2,1H3,(H,37,39)(H,34,35,36)/b3-2+. The summed E-state index contributed by atoms with van der Waals surface area (Å²) in [6, 6.07) is 7.61. The van der Waals surface area contributed by atoms with Gasteiger partial charge in [-0.15, -0.1) is 0 Å². The van der Waals surface area contributed by atoms with Gasteiger partial charge in [-0.05, 0) is 49.6 Å². The number of ether oxygens (including phenoxy) is 3. The van der Waals surface area contributed by atoms with Gasteiger partial charge < -0.3 is 24.8 Å². The Labute approximate surface area is 238 Å². The first-order valence-corrected chi connectivity index (χ1v) is 13.2. The molecule has 0 aliphatic carbocycles. The van der Waals surface area contributed by atoms with Crippen LogP contribution in [0.25, 0.3) is 10.9 Å². The van der Waals surface area contributed by atoms with Crippen LogP contribution in [0.2, 0.25) is 0 Å². The second-order valence-electron chi connectivity index (χ2n) is 9.44. The number of piperidine rings is 1. The number of nitrogens with one attached hydrogen (secondary N) is 2. The zero-order valence-electron chi connectivity index (χ0n) is 22.7. The minimum atomic E-state index is -2.95. The summed E-state index contributed by atoms with van der Waals surface area (Å²) >= 11 is 0. The molecule has 0 radical (unpaired) electrons. The molecular weight excluding hydrogens is 565 g/mol. The lowest BCUT2D eigenvalue weighted by Gasteiger charge is -2.30. The maximum atomic E-state index is 13.7. The van der Waals surface area contributed by atoms with Crippen LogP contribution in [0.1, 0.15) is 18.4 Å². The summed E-state index contributed by atoms with van der Waals surface area (Å²) in [6.45, 7) is -3.19. The molecule has 1 aromatic heterocycles. The molecule has 14 heteroatoms. The van der Waals surface area contributed by atoms with E-state index in [1.807, 2.05) is 4.90 Å². The number of hydrogen-bond donors (Lipinski definition) is 2. The van der Waals surface area contributed by atoms with Gasteiger partial charge in [0, 0.05) is 42.9 Å². The first kappa shape index (κ1) is 31.1. The van der Waals surface area contributed by atoms with E-state index in [9.17, 15) is 26.7 Å². The monoisotopic (exact) mass is 595 g/mol. The van der Waals surface area contributed by atoms with E-state index >= 15 is 0 Å². The van der Waals surface area contributed by atoms with Crippen LogP contribution in [0, 0.1) is 12.7 Å². The van der Waals surface area contributed by atoms with E-state index in [1.165, 1.54) is 24.5 Å². The van der Waals surface area contributed by atoms with Gasteiger partial charge in [-0.2, -0.15) is 17.6 Å². The molecule has 1 amide bonds. The summed E-state index contributed by atoms with van der Waals surface area (Å²) in [4.78, 5) is 23.3. The van der Waals surface area contributed by atoms with Gasteiger partial charge in [0.25, 0.3) is 0 Å². The number of hydrogen-bond acceptors (Lipinski definition) is 8. The predicted molar refractivity (Wildman–Crippen MR) is 146 cm³/mol. The van der Waals surface area contributed by atoms with Crippen molar-refractivity contribution in [1.82, 2.24) is 14.9 Å². The highest BCUT2D eigenvalue weighted by atomic mass is 19.3. The Morgan fingerprint density at radius 1 is 1.10 bits per heavy atom. The van der Waals surface area contributed by atoms with Crippen molar-refractivity contribution >= 4 is 34.0 Å². The number of rotatable bonds is 13. The minimum Gasteiger partial charge on any atom is -0.489 e. The molecule has 0 unspecified atom stereocenters. The van der Waals surface area contributed by atoms with Crippen molar-refractivity contribution in [2.45, 2.75) is 39.1 Å². The molecule has 1 aliphatic heterocycles. The molecule has 0 saturated carbocycles. The van der Waals surface area contributed by atoms with Gasteiger partial charge in [-0.25, -0.2) is 14.4 Å². The van der Waals surface area contributed by atoms with E-state index in [-0.39, 0.29) is 30.5 Å². The van der Waals surface area contributed by atoms with Crippen LogP contribution >= 0.6 is 0 Å². The number of amides is 1. The molecule has 226 valence electrons. The molecule has 4 rings (SSSR count). The van der Waals surface area contributed by atoms with E-state index in [2.05, 4.69) is 30.1 Å². The number of aromatic nitrogens is 2. The molecule has 0 atom stereocenters. The first-order chi connectivity index (χ1) is 20.2. The van der Waals surface area contributed by atoms with Crippen molar-refractivity contribution in [2.75, 3.05) is 43.5 Å². The maximum Gasteiger partial charge on any atom is 0.345 e. The molecular formula is C28H30F5N5O4. The van der Waals surface area contributed by atoms with Gasteiger partial charge in [0.2, 0.25) is 5.91 Å². The molecule has 0 bridgehead atoms. The lowest BCUT2D eigenvalue weighted by molar-refractivity contribution is -0.172. The average molecular weight is 596 g/mol. The molecule has 1 fully saturated rings. The lowest BCUT2D eigenvalue weighted by Crippen LogP contribution is -2.37. The third-order valence-corrected chi connectivity index (χ3v) is 6.46. The number of aryl methyl sites for hydroxylation is 1. The largest absolute Gasteiger partial charge is 0.489 e. The summed E-state index contributed by atoms with van der Waals surface area (Å²) in [7, 11) is 0. The first-order valence-electron chi connectivity index (χ1n) is 13.2. The van der Waals surface area contributed by atoms with Crippen molar-refractivity contribution in [3.8, 4) is 5.75 Å². The number of carbonyl (C=O) groups excluding carboxylic acids is 1. The molecule has 42 heavy (non-hydrogen) atoms. The van der Waals surface area contributed by atoms with Crippen molar-refractivity contribution < 1.29 is 41.0 Å². The number of anilines is 3. The highest BCUT2D eigenvalue weighted by Crippen LogP contribution is 2.33. The Kier molecular flexibility index (Phi) is 11.0. The average Bonchev–Trinajstić information content (AvgIpc) is 2.94. The molecule has 2 N–H and O–H groups in total. The van der Waals surface area contributed by atoms with Crippen LogP contribution in [0.15, 0.2) is 48.8 Å². The summed E-state index contributed by atoms with van der Waals surface area (Å²) in [5.74, 6) is -0.289. The van der Waals surface area contributed by atoms with Crippen molar-refractivity contribution in [3.05, 3.63) is 60.2 Å². The zero-order valence-corrected chi connectivity index (χ0v) is 22.7. The number of carbonyl (C=O) groups is 1. The van der Waals surface area contributed by atoms with Crippen molar-refractivity contribution in [1.29, 1.82) is 0 Å². The Bertz CT molecular complexity index is 1390. The second kappa shape index (κ2) is 14.8. The quantitative estimate of drug-likeness (QED) is 0.149. The van der Waals surface area contributed by atoms with E-state index in [1.54, 1.807) is 31.2 Å². The van der Waals surface area contributed by atoms with Crippen LogP contribution < -0.4 is 15.4 Å². The molecule has 1 aliphatic rings. The molecule has 2 heterocycles. The van der Waals surface area contributed by atoms with Gasteiger partial charge in [0.05, 0.1) is 23.9 Å². The third kappa shape index (κ3) is 9.06. The van der Waals surface area contributed by atoms with E-state index in [4.69, 9.17) is 4.74 Å². The van der Waals surface area contributed by atoms with Crippen molar-refractivity contribution in [2.24, 2.45) is 0 Å². The van der Waals surface area contributed by atoms with Gasteiger partial charge in [0.1, 0.15) is 30.3 Å². The Balaban J connectivity index is 1.49. The Morgan fingerprint density at radius 2 is 1.88 bits per heavy atom. The van der Waals surface area contributed by atoms with Crippen LogP contribution in [-0.4, -0.2) is 73.0 Å². The molecule has 3 aromatic rings. The fourth-order valence-corrected chi connectivity index (χ4v) is 4.41. The Morgan fingerprint density at radius 3 is 2.60 bits per heavy atom. The van der Waals surface area contributed by atoms with E-state index in [0.29, 0.717) is 60.4 Å². The number of nitrogens with zero attached hydrogens (tertiary/aromatic N) is 3. The maximum absolute atomic E-state index is 13.7. The smallest absolute Gasteiger partial charge is 0.345 e. The van der Waals surface area contributed by atoms with Crippen LogP contribution in [-0.2, 0) is 14.3 Å². The normalized spacial score (nSPS) is 14.8. The molecule has 1 saturated heterocycles. The van der Waals surface area contributed by atoms with Crippen LogP contribution in [0.5, 0.6) is 5.75 Å². The fourth-order valence-electron chi connectivity index (χ4n) is 4.41. The van der Waals surface area contributed by atoms with Gasteiger partial charge in [-0.3, -0.25) is 9.69 Å². The number of benzene rings is 2. The summed E-state index contributed by atoms with van der Waals surface area (Å²) in [5, 5.41) is 6.35. The molecule has 9 nitrogen and oxygen atoms in total. The van der Waals surface area contributed by atoms with Crippen molar-refractivity contribution in [3.63, 3.8) is 0 Å². The van der Waals surface area contributed by atoms with Gasteiger partial charge in [-0.1, -0.05) is 6.08 Å². The van der Waals surface area contributed by atoms with Crippen LogP contribution in [0.3, 0.4) is 0 Å². The minimum absolute atomic E-state index is 0.172. The van der Waals surface area contributed by atoms with E-state index in [0.717, 1.165) is 0 Å². The summed E-state index contributed by atoms with van der Waals surface area (Å²) < 4.78 is 77.8. The zero-order chi connectivity index (χ0) is 30.1. The molecule has 2 aromatic carbocycles. The highest BCUT2D eigenvalue weighted by molar-refractivity contribution is 6.03. The summed E-state index contributed by atoms with van der Waals surface area (Å²) in [6.07, 6.45) is 4.74. The topological polar surface area (TPSA) is 97.8 Å². The van der Waals surface area contributed by atoms with Gasteiger partial charge >= 0.3 is 13.2 Å². The van der Waals surface area contributed by atoms with Gasteiger partial charge in [0.15, 0.2) is 0 Å². The number of likely N-dealkylation sites (tertiary alicyclic amines) is 1. The van der Waals surface area contributed by atoms with E-state index < -0.39 is 25.2 Å². The third-order valence-electron chi connectivity index (χ3n) is 6.46. The van der Waals surface area contributed by atoms with Crippen LogP contribution in [0.4, 0.5) is 39.1 Å².